The SMILES string of the molecule is COC(C)(CC(O)C(CO)(COCc1ccccc1)C1CCCCC1)OC. The molecular formula is C22H36O5. The maximum absolute atomic E-state index is 11.2. The smallest absolute Gasteiger partial charge is 0.167 e. The van der Waals surface area contributed by atoms with E-state index in [1.54, 1.807) is 14.2 Å². The molecule has 1 aromatic carbocycles. The van der Waals surface area contributed by atoms with Gasteiger partial charge in [-0.15, -0.1) is 0 Å². The Bertz CT molecular complexity index is 525. The highest BCUT2D eigenvalue weighted by Gasteiger charge is 2.47. The largest absolute Gasteiger partial charge is 0.396 e. The molecule has 5 heteroatoms. The molecule has 1 aliphatic rings. The van der Waals surface area contributed by atoms with Gasteiger partial charge in [-0.1, -0.05) is 49.6 Å². The van der Waals surface area contributed by atoms with Crippen molar-refractivity contribution in [2.24, 2.45) is 11.3 Å². The van der Waals surface area contributed by atoms with Crippen molar-refractivity contribution in [1.29, 1.82) is 0 Å². The van der Waals surface area contributed by atoms with E-state index < -0.39 is 17.3 Å². The minimum Gasteiger partial charge on any atom is -0.396 e. The van der Waals surface area contributed by atoms with Crippen LogP contribution in [0.15, 0.2) is 30.3 Å². The molecule has 2 rings (SSSR count). The Kier molecular flexibility index (Phi) is 8.70. The Morgan fingerprint density at radius 3 is 2.26 bits per heavy atom. The summed E-state index contributed by atoms with van der Waals surface area (Å²) in [5, 5.41) is 21.6. The number of ether oxygens (including phenoxy) is 3. The number of benzene rings is 1. The van der Waals surface area contributed by atoms with E-state index in [-0.39, 0.29) is 18.9 Å². The third-order valence-electron chi connectivity index (χ3n) is 6.29. The Morgan fingerprint density at radius 2 is 1.70 bits per heavy atom. The topological polar surface area (TPSA) is 68.2 Å². The van der Waals surface area contributed by atoms with E-state index in [2.05, 4.69) is 0 Å². The number of aliphatic hydroxyl groups is 2. The molecule has 0 bridgehead atoms. The van der Waals surface area contributed by atoms with Crippen molar-refractivity contribution in [2.75, 3.05) is 27.4 Å². The van der Waals surface area contributed by atoms with Crippen LogP contribution >= 0.6 is 0 Å². The third-order valence-corrected chi connectivity index (χ3v) is 6.29. The highest BCUT2D eigenvalue weighted by Crippen LogP contribution is 2.43. The summed E-state index contributed by atoms with van der Waals surface area (Å²) in [6.45, 7) is 2.47. The molecular weight excluding hydrogens is 344 g/mol. The van der Waals surface area contributed by atoms with Crippen molar-refractivity contribution in [3.63, 3.8) is 0 Å². The quantitative estimate of drug-likeness (QED) is 0.575. The van der Waals surface area contributed by atoms with Crippen LogP contribution in [0, 0.1) is 11.3 Å². The van der Waals surface area contributed by atoms with Crippen molar-refractivity contribution in [3.05, 3.63) is 35.9 Å². The van der Waals surface area contributed by atoms with Gasteiger partial charge in [-0.3, -0.25) is 0 Å². The monoisotopic (exact) mass is 380 g/mol. The van der Waals surface area contributed by atoms with Gasteiger partial charge in [-0.25, -0.2) is 0 Å². The molecule has 0 aliphatic heterocycles. The first-order valence-electron chi connectivity index (χ1n) is 10.0. The summed E-state index contributed by atoms with van der Waals surface area (Å²) in [6, 6.07) is 9.98. The molecule has 2 atom stereocenters. The van der Waals surface area contributed by atoms with Gasteiger partial charge in [0.25, 0.3) is 0 Å². The maximum atomic E-state index is 11.2. The Hall–Kier alpha value is -0.980. The Balaban J connectivity index is 2.15. The number of rotatable bonds is 11. The van der Waals surface area contributed by atoms with E-state index in [0.717, 1.165) is 31.2 Å². The predicted molar refractivity (Wildman–Crippen MR) is 105 cm³/mol. The minimum atomic E-state index is -0.895. The standard InChI is InChI=1S/C22H36O5/c1-21(25-2,26-3)14-20(24)22(16-23,19-12-8-5-9-13-19)17-27-15-18-10-6-4-7-11-18/h4,6-7,10-11,19-20,23-24H,5,8-9,12-17H2,1-3H3. The molecule has 154 valence electrons. The van der Waals surface area contributed by atoms with Crippen LogP contribution in [0.4, 0.5) is 0 Å². The van der Waals surface area contributed by atoms with Crippen LogP contribution in [0.5, 0.6) is 0 Å². The van der Waals surface area contributed by atoms with Crippen LogP contribution < -0.4 is 0 Å². The lowest BCUT2D eigenvalue weighted by molar-refractivity contribution is -0.228. The predicted octanol–water partition coefficient (Wildman–Crippen LogP) is 3.52. The lowest BCUT2D eigenvalue weighted by atomic mass is 9.65. The number of methoxy groups -OCH3 is 2. The summed E-state index contributed by atoms with van der Waals surface area (Å²) in [5.41, 5.74) is 0.370. The van der Waals surface area contributed by atoms with Gasteiger partial charge in [0.2, 0.25) is 0 Å². The molecule has 0 spiro atoms. The van der Waals surface area contributed by atoms with Crippen LogP contribution in [0.25, 0.3) is 0 Å². The van der Waals surface area contributed by atoms with E-state index in [1.165, 1.54) is 6.42 Å². The summed E-state index contributed by atoms with van der Waals surface area (Å²) in [7, 11) is 3.15. The van der Waals surface area contributed by atoms with Gasteiger partial charge in [0.1, 0.15) is 0 Å². The van der Waals surface area contributed by atoms with Gasteiger partial charge >= 0.3 is 0 Å². The number of hydrogen-bond donors (Lipinski definition) is 2. The van der Waals surface area contributed by atoms with Gasteiger partial charge < -0.3 is 24.4 Å². The molecule has 0 aromatic heterocycles. The molecule has 1 fully saturated rings. The normalized spacial score (nSPS) is 19.6. The van der Waals surface area contributed by atoms with Gasteiger partial charge in [0, 0.05) is 26.1 Å². The van der Waals surface area contributed by atoms with Crippen LogP contribution in [-0.4, -0.2) is 49.5 Å². The average Bonchev–Trinajstić information content (AvgIpc) is 2.72. The van der Waals surface area contributed by atoms with Crippen LogP contribution in [0.3, 0.4) is 0 Å². The highest BCUT2D eigenvalue weighted by atomic mass is 16.7. The summed E-state index contributed by atoms with van der Waals surface area (Å²) in [5.74, 6) is -0.673. The fourth-order valence-corrected chi connectivity index (χ4v) is 4.18. The molecule has 0 radical (unpaired) electrons. The molecule has 1 aliphatic carbocycles. The second-order valence-corrected chi connectivity index (χ2v) is 7.97. The lowest BCUT2D eigenvalue weighted by Gasteiger charge is -2.46. The fourth-order valence-electron chi connectivity index (χ4n) is 4.18. The average molecular weight is 381 g/mol. The van der Waals surface area contributed by atoms with Crippen LogP contribution in [0.2, 0.25) is 0 Å². The van der Waals surface area contributed by atoms with Crippen molar-refractivity contribution < 1.29 is 24.4 Å². The maximum Gasteiger partial charge on any atom is 0.167 e. The van der Waals surface area contributed by atoms with E-state index in [1.807, 2.05) is 37.3 Å². The zero-order chi connectivity index (χ0) is 19.8. The molecule has 1 saturated carbocycles. The molecule has 0 amide bonds. The summed E-state index contributed by atoms with van der Waals surface area (Å²) in [4.78, 5) is 0. The van der Waals surface area contributed by atoms with Crippen molar-refractivity contribution in [3.8, 4) is 0 Å². The second kappa shape index (κ2) is 10.5. The first-order chi connectivity index (χ1) is 13.0. The summed E-state index contributed by atoms with van der Waals surface area (Å²) >= 11 is 0. The first-order valence-corrected chi connectivity index (χ1v) is 10.0. The molecule has 27 heavy (non-hydrogen) atoms. The minimum absolute atomic E-state index is 0.114. The lowest BCUT2D eigenvalue weighted by Crippen LogP contribution is -2.52. The number of hydrogen-bond acceptors (Lipinski definition) is 5. The number of aliphatic hydroxyl groups excluding tert-OH is 2. The van der Waals surface area contributed by atoms with Gasteiger partial charge in [0.15, 0.2) is 5.79 Å². The fraction of sp³-hybridized carbons (Fsp3) is 0.727. The molecule has 1 aromatic rings. The van der Waals surface area contributed by atoms with Crippen molar-refractivity contribution >= 4 is 0 Å². The molecule has 2 N–H and O–H groups in total. The summed E-state index contributed by atoms with van der Waals surface area (Å²) in [6.07, 6.45) is 4.98. The van der Waals surface area contributed by atoms with Gasteiger partial charge in [-0.05, 0) is 31.2 Å². The van der Waals surface area contributed by atoms with Crippen molar-refractivity contribution in [2.45, 2.75) is 63.9 Å². The zero-order valence-electron chi connectivity index (χ0n) is 17.0. The van der Waals surface area contributed by atoms with Crippen molar-refractivity contribution in [1.82, 2.24) is 0 Å². The van der Waals surface area contributed by atoms with E-state index in [0.29, 0.717) is 13.2 Å². The van der Waals surface area contributed by atoms with Crippen LogP contribution in [0.1, 0.15) is 51.0 Å². The zero-order valence-corrected chi connectivity index (χ0v) is 17.0. The van der Waals surface area contributed by atoms with Gasteiger partial charge in [-0.2, -0.15) is 0 Å². The van der Waals surface area contributed by atoms with Crippen LogP contribution in [-0.2, 0) is 20.8 Å². The highest BCUT2D eigenvalue weighted by molar-refractivity contribution is 5.13. The third kappa shape index (κ3) is 5.75. The second-order valence-electron chi connectivity index (χ2n) is 7.97. The molecule has 2 unspecified atom stereocenters. The Morgan fingerprint density at radius 1 is 1.07 bits per heavy atom. The Labute approximate surface area is 163 Å². The molecule has 0 heterocycles. The molecule has 5 nitrogen and oxygen atoms in total. The van der Waals surface area contributed by atoms with E-state index in [4.69, 9.17) is 14.2 Å². The van der Waals surface area contributed by atoms with E-state index in [9.17, 15) is 10.2 Å². The molecule has 0 saturated heterocycles. The van der Waals surface area contributed by atoms with Gasteiger partial charge in [0.05, 0.1) is 25.9 Å². The van der Waals surface area contributed by atoms with E-state index >= 15 is 0 Å². The first kappa shape index (κ1) is 22.3. The summed E-state index contributed by atoms with van der Waals surface area (Å²) < 4.78 is 16.9.